The fourth-order valence-corrected chi connectivity index (χ4v) is 3.27. The first kappa shape index (κ1) is 22.1. The molecule has 0 aliphatic heterocycles. The summed E-state index contributed by atoms with van der Waals surface area (Å²) >= 11 is 2.98. The third-order valence-corrected chi connectivity index (χ3v) is 4.87. The van der Waals surface area contributed by atoms with Crippen LogP contribution in [0, 0.1) is 0 Å². The van der Waals surface area contributed by atoms with Crippen LogP contribution in [0.25, 0.3) is 0 Å². The van der Waals surface area contributed by atoms with Gasteiger partial charge in [-0.05, 0) is 22.4 Å². The number of hydrogen-bond donors (Lipinski definition) is 0. The minimum absolute atomic E-state index is 0.161. The van der Waals surface area contributed by atoms with Crippen molar-refractivity contribution >= 4 is 20.6 Å². The van der Waals surface area contributed by atoms with E-state index in [-0.39, 0.29) is 4.69 Å². The predicted molar refractivity (Wildman–Crippen MR) is 103 cm³/mol. The van der Waals surface area contributed by atoms with E-state index in [9.17, 15) is 4.79 Å². The van der Waals surface area contributed by atoms with E-state index < -0.39 is 0 Å². The zero-order valence-electron chi connectivity index (χ0n) is 15.0. The first-order valence-electron chi connectivity index (χ1n) is 9.95. The third-order valence-electron chi connectivity index (χ3n) is 4.48. The maximum absolute atomic E-state index is 10.7. The van der Waals surface area contributed by atoms with Crippen molar-refractivity contribution in [3.05, 3.63) is 0 Å². The first-order chi connectivity index (χ1) is 10.8. The van der Waals surface area contributed by atoms with Crippen LogP contribution in [0.3, 0.4) is 0 Å². The van der Waals surface area contributed by atoms with Crippen LogP contribution in [0.2, 0.25) is 0 Å². The molecule has 0 unspecified atom stereocenters. The molecular weight excluding hydrogens is 336 g/mol. The Morgan fingerprint density at radius 3 is 1.09 bits per heavy atom. The van der Waals surface area contributed by atoms with Crippen molar-refractivity contribution in [3.8, 4) is 0 Å². The van der Waals surface area contributed by atoms with Gasteiger partial charge in [-0.15, -0.1) is 0 Å². The lowest BCUT2D eigenvalue weighted by molar-refractivity contribution is -0.110. The van der Waals surface area contributed by atoms with Gasteiger partial charge in [0.2, 0.25) is 0 Å². The molecule has 1 nitrogen and oxygen atoms in total. The summed E-state index contributed by atoms with van der Waals surface area (Å²) in [6.45, 7) is 2.28. The number of carbonyl (C=O) groups excluding carboxylic acids is 1. The van der Waals surface area contributed by atoms with Gasteiger partial charge in [-0.1, -0.05) is 110 Å². The minimum atomic E-state index is 0.161. The highest BCUT2D eigenvalue weighted by Gasteiger charge is 1.96. The summed E-state index contributed by atoms with van der Waals surface area (Å²) in [6.07, 6.45) is 24.3. The molecule has 0 amide bonds. The lowest BCUT2D eigenvalue weighted by Crippen LogP contribution is -1.86. The smallest absolute Gasteiger partial charge is 0.197 e. The molecular formula is C20H39BrO. The summed E-state index contributed by atoms with van der Waals surface area (Å²) < 4.78 is 0.161. The molecule has 2 heteroatoms. The summed E-state index contributed by atoms with van der Waals surface area (Å²) in [4.78, 5) is 10.7. The van der Waals surface area contributed by atoms with Crippen LogP contribution in [-0.4, -0.2) is 4.69 Å². The van der Waals surface area contributed by atoms with E-state index in [0.717, 1.165) is 6.42 Å². The highest BCUT2D eigenvalue weighted by Crippen LogP contribution is 2.14. The van der Waals surface area contributed by atoms with E-state index in [1.807, 2.05) is 0 Å². The van der Waals surface area contributed by atoms with Crippen molar-refractivity contribution in [2.45, 2.75) is 122 Å². The molecule has 0 heterocycles. The molecule has 0 radical (unpaired) electrons. The van der Waals surface area contributed by atoms with E-state index in [4.69, 9.17) is 0 Å². The van der Waals surface area contributed by atoms with Gasteiger partial charge in [0.1, 0.15) is 0 Å². The van der Waals surface area contributed by atoms with Crippen LogP contribution in [0.1, 0.15) is 122 Å². The van der Waals surface area contributed by atoms with Crippen molar-refractivity contribution < 1.29 is 4.79 Å². The molecule has 0 fully saturated rings. The van der Waals surface area contributed by atoms with E-state index in [2.05, 4.69) is 22.9 Å². The molecule has 132 valence electrons. The molecule has 0 aliphatic rings. The highest BCUT2D eigenvalue weighted by molar-refractivity contribution is 9.18. The third kappa shape index (κ3) is 20.1. The summed E-state index contributed by atoms with van der Waals surface area (Å²) in [5.74, 6) is 0. The van der Waals surface area contributed by atoms with Crippen LogP contribution in [0.4, 0.5) is 0 Å². The Bertz CT molecular complexity index is 228. The van der Waals surface area contributed by atoms with E-state index in [1.54, 1.807) is 0 Å². The number of carbonyl (C=O) groups is 1. The molecule has 0 aromatic carbocycles. The SMILES string of the molecule is CCCCCCCCCCCCCCCCCCCC(=O)Br. The first-order valence-corrected chi connectivity index (χ1v) is 10.7. The van der Waals surface area contributed by atoms with Crippen molar-refractivity contribution in [2.75, 3.05) is 0 Å². The summed E-state index contributed by atoms with van der Waals surface area (Å²) in [7, 11) is 0. The molecule has 22 heavy (non-hydrogen) atoms. The van der Waals surface area contributed by atoms with Gasteiger partial charge in [0, 0.05) is 6.42 Å². The van der Waals surface area contributed by atoms with Gasteiger partial charge in [0.25, 0.3) is 0 Å². The standard InChI is InChI=1S/C20H39BrO/c1-2-3-4-5-6-7-8-9-10-11-12-13-14-15-16-17-18-19-20(21)22/h2-19H2,1H3. The maximum atomic E-state index is 10.7. The van der Waals surface area contributed by atoms with Crippen LogP contribution in [-0.2, 0) is 4.79 Å². The van der Waals surface area contributed by atoms with E-state index in [1.165, 1.54) is 103 Å². The van der Waals surface area contributed by atoms with Gasteiger partial charge in [-0.3, -0.25) is 4.79 Å². The van der Waals surface area contributed by atoms with Crippen molar-refractivity contribution in [2.24, 2.45) is 0 Å². The second kappa shape index (κ2) is 19.2. The zero-order valence-corrected chi connectivity index (χ0v) is 16.6. The lowest BCUT2D eigenvalue weighted by Gasteiger charge is -2.03. The normalized spacial score (nSPS) is 11.0. The average Bonchev–Trinajstić information content (AvgIpc) is 2.50. The van der Waals surface area contributed by atoms with Crippen LogP contribution >= 0.6 is 15.9 Å². The van der Waals surface area contributed by atoms with E-state index in [0.29, 0.717) is 6.42 Å². The van der Waals surface area contributed by atoms with Gasteiger partial charge < -0.3 is 0 Å². The number of rotatable bonds is 18. The fraction of sp³-hybridized carbons (Fsp3) is 0.950. The monoisotopic (exact) mass is 374 g/mol. The molecule has 0 bridgehead atoms. The maximum Gasteiger partial charge on any atom is 0.197 e. The Balaban J connectivity index is 2.95. The number of unbranched alkanes of at least 4 members (excludes halogenated alkanes) is 16. The molecule has 0 atom stereocenters. The van der Waals surface area contributed by atoms with Crippen molar-refractivity contribution in [3.63, 3.8) is 0 Å². The Kier molecular flexibility index (Phi) is 19.3. The summed E-state index contributed by atoms with van der Waals surface area (Å²) in [5, 5.41) is 0. The predicted octanol–water partition coefficient (Wildman–Crippen LogP) is 7.95. The van der Waals surface area contributed by atoms with E-state index >= 15 is 0 Å². The quantitative estimate of drug-likeness (QED) is 0.175. The summed E-state index contributed by atoms with van der Waals surface area (Å²) in [6, 6.07) is 0. The molecule has 0 aromatic rings. The van der Waals surface area contributed by atoms with Gasteiger partial charge >= 0.3 is 0 Å². The molecule has 0 saturated heterocycles. The number of halogens is 1. The molecule has 0 saturated carbocycles. The molecule has 0 rings (SSSR count). The Morgan fingerprint density at radius 2 is 0.818 bits per heavy atom. The average molecular weight is 375 g/mol. The number of hydrogen-bond acceptors (Lipinski definition) is 1. The van der Waals surface area contributed by atoms with Crippen LogP contribution in [0.5, 0.6) is 0 Å². The van der Waals surface area contributed by atoms with Crippen molar-refractivity contribution in [1.82, 2.24) is 0 Å². The minimum Gasteiger partial charge on any atom is -0.287 e. The van der Waals surface area contributed by atoms with Gasteiger partial charge in [-0.25, -0.2) is 0 Å². The topological polar surface area (TPSA) is 17.1 Å². The zero-order chi connectivity index (χ0) is 16.3. The lowest BCUT2D eigenvalue weighted by atomic mass is 10.0. The molecule has 0 spiro atoms. The summed E-state index contributed by atoms with van der Waals surface area (Å²) in [5.41, 5.74) is 0. The molecule has 0 aromatic heterocycles. The van der Waals surface area contributed by atoms with Gasteiger partial charge in [0.05, 0.1) is 0 Å². The van der Waals surface area contributed by atoms with Crippen molar-refractivity contribution in [1.29, 1.82) is 0 Å². The second-order valence-corrected chi connectivity index (χ2v) is 7.65. The highest BCUT2D eigenvalue weighted by atomic mass is 79.9. The Labute approximate surface area is 148 Å². The van der Waals surface area contributed by atoms with Gasteiger partial charge in [-0.2, -0.15) is 0 Å². The largest absolute Gasteiger partial charge is 0.287 e. The Morgan fingerprint density at radius 1 is 0.545 bits per heavy atom. The van der Waals surface area contributed by atoms with Crippen LogP contribution in [0.15, 0.2) is 0 Å². The molecule has 0 aliphatic carbocycles. The Hall–Kier alpha value is 0.150. The second-order valence-electron chi connectivity index (χ2n) is 6.76. The van der Waals surface area contributed by atoms with Gasteiger partial charge in [0.15, 0.2) is 4.69 Å². The van der Waals surface area contributed by atoms with Crippen LogP contribution < -0.4 is 0 Å². The molecule has 0 N–H and O–H groups in total. The fourth-order valence-electron chi connectivity index (χ4n) is 2.99.